The van der Waals surface area contributed by atoms with Crippen molar-refractivity contribution in [2.45, 2.75) is 32.2 Å². The van der Waals surface area contributed by atoms with E-state index in [1.54, 1.807) is 0 Å². The number of carbonyl (C=O) groups is 1. The van der Waals surface area contributed by atoms with E-state index in [2.05, 4.69) is 20.8 Å². The highest BCUT2D eigenvalue weighted by atomic mass is 32.2. The number of thioether (sulfide) groups is 1. The zero-order valence-electron chi connectivity index (χ0n) is 8.24. The van der Waals surface area contributed by atoms with Crippen molar-refractivity contribution >= 4 is 17.9 Å². The lowest BCUT2D eigenvalue weighted by atomic mass is 9.95. The van der Waals surface area contributed by atoms with E-state index in [-0.39, 0.29) is 16.9 Å². The molecule has 0 aromatic carbocycles. The predicted octanol–water partition coefficient (Wildman–Crippen LogP) is 1.93. The van der Waals surface area contributed by atoms with Gasteiger partial charge in [-0.05, 0) is 5.41 Å². The van der Waals surface area contributed by atoms with Crippen LogP contribution in [0.3, 0.4) is 0 Å². The summed E-state index contributed by atoms with van der Waals surface area (Å²) in [4.78, 5) is 13.3. The summed E-state index contributed by atoms with van der Waals surface area (Å²) in [5, 5.41) is 0.285. The van der Waals surface area contributed by atoms with Crippen molar-refractivity contribution in [1.82, 2.24) is 4.90 Å². The van der Waals surface area contributed by atoms with Gasteiger partial charge in [-0.2, -0.15) is 0 Å². The molecule has 1 amide bonds. The van der Waals surface area contributed by atoms with Gasteiger partial charge >= 0.3 is 6.09 Å². The fourth-order valence-electron chi connectivity index (χ4n) is 1.84. The Labute approximate surface area is 82.8 Å². The standard InChI is InChI=1S/C9H15NO2S/c1-9(2,3)7-10-6(5-13-7)4-12-8(10)11/h6-7H,4-5H2,1-3H3. The Morgan fingerprint density at radius 3 is 2.85 bits per heavy atom. The quantitative estimate of drug-likeness (QED) is 0.599. The Kier molecular flexibility index (Phi) is 1.98. The first-order chi connectivity index (χ1) is 6.00. The van der Waals surface area contributed by atoms with Gasteiger partial charge in [-0.25, -0.2) is 4.79 Å². The molecule has 74 valence electrons. The summed E-state index contributed by atoms with van der Waals surface area (Å²) in [5.74, 6) is 1.02. The van der Waals surface area contributed by atoms with Gasteiger partial charge in [-0.15, -0.1) is 11.8 Å². The second-order valence-electron chi connectivity index (χ2n) is 4.69. The van der Waals surface area contributed by atoms with Crippen molar-refractivity contribution in [1.29, 1.82) is 0 Å². The molecule has 0 aliphatic carbocycles. The van der Waals surface area contributed by atoms with E-state index in [0.717, 1.165) is 5.75 Å². The summed E-state index contributed by atoms with van der Waals surface area (Å²) >= 11 is 1.87. The summed E-state index contributed by atoms with van der Waals surface area (Å²) in [5.41, 5.74) is 0.142. The monoisotopic (exact) mass is 201 g/mol. The fraction of sp³-hybridized carbons (Fsp3) is 0.889. The molecule has 3 nitrogen and oxygen atoms in total. The van der Waals surface area contributed by atoms with Crippen molar-refractivity contribution in [2.75, 3.05) is 12.4 Å². The number of hydrogen-bond donors (Lipinski definition) is 0. The van der Waals surface area contributed by atoms with Gasteiger partial charge < -0.3 is 4.74 Å². The predicted molar refractivity (Wildman–Crippen MR) is 52.7 cm³/mol. The van der Waals surface area contributed by atoms with Crippen LogP contribution >= 0.6 is 11.8 Å². The van der Waals surface area contributed by atoms with E-state index in [9.17, 15) is 4.79 Å². The lowest BCUT2D eigenvalue weighted by Gasteiger charge is -2.31. The van der Waals surface area contributed by atoms with Crippen LogP contribution in [0.15, 0.2) is 0 Å². The van der Waals surface area contributed by atoms with E-state index in [4.69, 9.17) is 4.74 Å². The van der Waals surface area contributed by atoms with Gasteiger partial charge in [0.2, 0.25) is 0 Å². The van der Waals surface area contributed by atoms with Crippen LogP contribution in [0.25, 0.3) is 0 Å². The van der Waals surface area contributed by atoms with E-state index in [1.165, 1.54) is 0 Å². The van der Waals surface area contributed by atoms with E-state index < -0.39 is 0 Å². The number of amides is 1. The molecule has 2 unspecified atom stereocenters. The average Bonchev–Trinajstić information content (AvgIpc) is 2.51. The second-order valence-corrected chi connectivity index (χ2v) is 5.80. The van der Waals surface area contributed by atoms with Crippen LogP contribution in [0.1, 0.15) is 20.8 Å². The van der Waals surface area contributed by atoms with Crippen LogP contribution in [0.5, 0.6) is 0 Å². The highest BCUT2D eigenvalue weighted by molar-refractivity contribution is 8.00. The Morgan fingerprint density at radius 2 is 2.23 bits per heavy atom. The van der Waals surface area contributed by atoms with Gasteiger partial charge in [0, 0.05) is 5.75 Å². The fourth-order valence-corrected chi connectivity index (χ4v) is 3.42. The second kappa shape index (κ2) is 2.80. The molecule has 0 radical (unpaired) electrons. The van der Waals surface area contributed by atoms with Crippen LogP contribution in [-0.2, 0) is 4.74 Å². The summed E-state index contributed by atoms with van der Waals surface area (Å²) in [7, 11) is 0. The number of carbonyl (C=O) groups excluding carboxylic acids is 1. The molecule has 2 aliphatic heterocycles. The lowest BCUT2D eigenvalue weighted by molar-refractivity contribution is 0.140. The van der Waals surface area contributed by atoms with Gasteiger partial charge in [0.05, 0.1) is 11.4 Å². The van der Waals surface area contributed by atoms with Crippen LogP contribution < -0.4 is 0 Å². The molecule has 2 aliphatic rings. The first-order valence-electron chi connectivity index (χ1n) is 4.57. The van der Waals surface area contributed by atoms with Crippen LogP contribution in [0, 0.1) is 5.41 Å². The number of fused-ring (bicyclic) bond motifs is 1. The molecule has 0 bridgehead atoms. The molecule has 13 heavy (non-hydrogen) atoms. The molecule has 0 spiro atoms. The highest BCUT2D eigenvalue weighted by Gasteiger charge is 2.48. The summed E-state index contributed by atoms with van der Waals surface area (Å²) < 4.78 is 5.02. The number of hydrogen-bond acceptors (Lipinski definition) is 3. The lowest BCUT2D eigenvalue weighted by Crippen LogP contribution is -2.41. The third-order valence-corrected chi connectivity index (χ3v) is 4.27. The van der Waals surface area contributed by atoms with Gasteiger partial charge in [0.25, 0.3) is 0 Å². The maximum absolute atomic E-state index is 11.4. The normalized spacial score (nSPS) is 33.5. The van der Waals surface area contributed by atoms with Gasteiger partial charge in [-0.3, -0.25) is 4.90 Å². The molecule has 0 saturated carbocycles. The maximum Gasteiger partial charge on any atom is 0.411 e. The van der Waals surface area contributed by atoms with Crippen LogP contribution in [0.4, 0.5) is 4.79 Å². The summed E-state index contributed by atoms with van der Waals surface area (Å²) in [6.45, 7) is 7.08. The third-order valence-electron chi connectivity index (χ3n) is 2.44. The average molecular weight is 201 g/mol. The van der Waals surface area contributed by atoms with Gasteiger partial charge in [-0.1, -0.05) is 20.8 Å². The third kappa shape index (κ3) is 1.41. The first-order valence-corrected chi connectivity index (χ1v) is 5.62. The van der Waals surface area contributed by atoms with Gasteiger partial charge in [0.15, 0.2) is 0 Å². The smallest absolute Gasteiger partial charge is 0.411 e. The summed E-state index contributed by atoms with van der Waals surface area (Å²) in [6, 6.07) is 0.321. The number of rotatable bonds is 0. The molecule has 0 aromatic heterocycles. The number of ether oxygens (including phenoxy) is 1. The van der Waals surface area contributed by atoms with Crippen molar-refractivity contribution in [3.8, 4) is 0 Å². The van der Waals surface area contributed by atoms with Gasteiger partial charge in [0.1, 0.15) is 6.61 Å². The van der Waals surface area contributed by atoms with Crippen molar-refractivity contribution in [3.05, 3.63) is 0 Å². The van der Waals surface area contributed by atoms with Crippen molar-refractivity contribution < 1.29 is 9.53 Å². The molecule has 2 heterocycles. The number of nitrogens with zero attached hydrogens (tertiary/aromatic N) is 1. The summed E-state index contributed by atoms with van der Waals surface area (Å²) in [6.07, 6.45) is -0.130. The number of cyclic esters (lactones) is 1. The molecule has 0 N–H and O–H groups in total. The Balaban J connectivity index is 2.19. The first kappa shape index (κ1) is 9.19. The topological polar surface area (TPSA) is 29.5 Å². The molecular formula is C9H15NO2S. The highest BCUT2D eigenvalue weighted by Crippen LogP contribution is 2.42. The van der Waals surface area contributed by atoms with E-state index in [0.29, 0.717) is 12.6 Å². The SMILES string of the molecule is CC(C)(C)C1SCC2COC(=O)N21. The Morgan fingerprint density at radius 1 is 1.54 bits per heavy atom. The minimum absolute atomic E-state index is 0.130. The minimum Gasteiger partial charge on any atom is -0.447 e. The van der Waals surface area contributed by atoms with E-state index in [1.807, 2.05) is 16.7 Å². The molecule has 2 fully saturated rings. The molecule has 2 rings (SSSR count). The van der Waals surface area contributed by atoms with E-state index >= 15 is 0 Å². The van der Waals surface area contributed by atoms with Crippen LogP contribution in [-0.4, -0.2) is 34.8 Å². The zero-order valence-corrected chi connectivity index (χ0v) is 9.06. The Hall–Kier alpha value is -0.380. The van der Waals surface area contributed by atoms with Crippen molar-refractivity contribution in [2.24, 2.45) is 5.41 Å². The molecule has 2 saturated heterocycles. The van der Waals surface area contributed by atoms with Crippen molar-refractivity contribution in [3.63, 3.8) is 0 Å². The zero-order chi connectivity index (χ0) is 9.64. The molecule has 2 atom stereocenters. The molecular weight excluding hydrogens is 186 g/mol. The molecule has 0 aromatic rings. The minimum atomic E-state index is -0.130. The van der Waals surface area contributed by atoms with Crippen LogP contribution in [0.2, 0.25) is 0 Å². The Bertz CT molecular complexity index is 236. The largest absolute Gasteiger partial charge is 0.447 e. The molecule has 4 heteroatoms. The maximum atomic E-state index is 11.4.